The topological polar surface area (TPSA) is 72.4 Å². The lowest BCUT2D eigenvalue weighted by molar-refractivity contribution is -0.0581. The molecule has 2 rings (SSSR count). The highest BCUT2D eigenvalue weighted by Crippen LogP contribution is 2.30. The SMILES string of the molecule is C[C@@]1(O)CN(c2cc[nH]n2)C[C@@](C)(O)C1. The van der Waals surface area contributed by atoms with Crippen molar-refractivity contribution < 1.29 is 10.2 Å². The molecule has 0 amide bonds. The van der Waals surface area contributed by atoms with Gasteiger partial charge >= 0.3 is 0 Å². The fraction of sp³-hybridized carbons (Fsp3) is 0.700. The monoisotopic (exact) mass is 211 g/mol. The molecule has 3 N–H and O–H groups in total. The van der Waals surface area contributed by atoms with E-state index in [1.807, 2.05) is 11.0 Å². The van der Waals surface area contributed by atoms with Crippen molar-refractivity contribution in [1.29, 1.82) is 0 Å². The maximum absolute atomic E-state index is 10.0. The quantitative estimate of drug-likeness (QED) is 0.617. The van der Waals surface area contributed by atoms with Gasteiger partial charge in [0.1, 0.15) is 0 Å². The number of β-amino-alcohol motifs (C(OH)–C–C–N with tert-alkyl or cyclic N) is 2. The molecule has 0 aliphatic carbocycles. The zero-order chi connectivity index (χ0) is 11.1. The molecule has 0 saturated carbocycles. The van der Waals surface area contributed by atoms with Gasteiger partial charge in [-0.1, -0.05) is 0 Å². The standard InChI is InChI=1S/C10H17N3O2/c1-9(14)5-10(2,15)7-13(6-9)8-3-4-11-12-8/h3-4,14-15H,5-7H2,1-2H3,(H,11,12)/t9-,10-/m0/s1. The van der Waals surface area contributed by atoms with E-state index in [1.165, 1.54) is 0 Å². The van der Waals surface area contributed by atoms with E-state index < -0.39 is 11.2 Å². The normalized spacial score (nSPS) is 36.9. The van der Waals surface area contributed by atoms with Crippen molar-refractivity contribution in [1.82, 2.24) is 10.2 Å². The predicted octanol–water partition coefficient (Wildman–Crippen LogP) is 0.122. The largest absolute Gasteiger partial charge is 0.388 e. The molecule has 1 aliphatic heterocycles. The molecule has 1 fully saturated rings. The second kappa shape index (κ2) is 3.21. The van der Waals surface area contributed by atoms with Gasteiger partial charge in [0.2, 0.25) is 0 Å². The van der Waals surface area contributed by atoms with Gasteiger partial charge in [0.05, 0.1) is 11.2 Å². The Labute approximate surface area is 88.7 Å². The molecule has 5 heteroatoms. The zero-order valence-corrected chi connectivity index (χ0v) is 9.06. The highest BCUT2D eigenvalue weighted by molar-refractivity contribution is 5.39. The van der Waals surface area contributed by atoms with E-state index in [0.29, 0.717) is 19.5 Å². The fourth-order valence-electron chi connectivity index (χ4n) is 2.40. The van der Waals surface area contributed by atoms with Crippen LogP contribution in [0.15, 0.2) is 12.3 Å². The molecule has 0 unspecified atom stereocenters. The van der Waals surface area contributed by atoms with Crippen LogP contribution >= 0.6 is 0 Å². The number of rotatable bonds is 1. The molecule has 1 saturated heterocycles. The fourth-order valence-corrected chi connectivity index (χ4v) is 2.40. The lowest BCUT2D eigenvalue weighted by Gasteiger charge is -2.44. The molecule has 2 heterocycles. The maximum atomic E-state index is 10.0. The molecule has 1 aromatic rings. The number of piperidine rings is 1. The Bertz CT molecular complexity index is 316. The Morgan fingerprint density at radius 1 is 1.33 bits per heavy atom. The molecule has 0 aromatic carbocycles. The number of nitrogens with zero attached hydrogens (tertiary/aromatic N) is 2. The van der Waals surface area contributed by atoms with Gasteiger partial charge in [-0.3, -0.25) is 5.10 Å². The number of anilines is 1. The average molecular weight is 211 g/mol. The van der Waals surface area contributed by atoms with Crippen molar-refractivity contribution in [3.05, 3.63) is 12.3 Å². The third-order valence-corrected chi connectivity index (χ3v) is 2.63. The second-order valence-corrected chi connectivity index (χ2v) is 4.96. The number of H-pyrrole nitrogens is 1. The van der Waals surface area contributed by atoms with E-state index in [4.69, 9.17) is 0 Å². The minimum absolute atomic E-state index is 0.390. The lowest BCUT2D eigenvalue weighted by Crippen LogP contribution is -2.57. The summed E-state index contributed by atoms with van der Waals surface area (Å²) in [5, 5.41) is 26.9. The highest BCUT2D eigenvalue weighted by atomic mass is 16.3. The summed E-state index contributed by atoms with van der Waals surface area (Å²) in [5.74, 6) is 0.759. The van der Waals surface area contributed by atoms with Crippen molar-refractivity contribution in [3.63, 3.8) is 0 Å². The van der Waals surface area contributed by atoms with E-state index in [2.05, 4.69) is 10.2 Å². The van der Waals surface area contributed by atoms with Crippen LogP contribution in [-0.4, -0.2) is 44.7 Å². The molecule has 0 bridgehead atoms. The molecule has 84 valence electrons. The third-order valence-electron chi connectivity index (χ3n) is 2.63. The van der Waals surface area contributed by atoms with Gasteiger partial charge < -0.3 is 15.1 Å². The molecule has 1 aromatic heterocycles. The number of hydrogen-bond acceptors (Lipinski definition) is 4. The second-order valence-electron chi connectivity index (χ2n) is 4.96. The molecule has 1 aliphatic rings. The van der Waals surface area contributed by atoms with E-state index in [-0.39, 0.29) is 0 Å². The Balaban J connectivity index is 2.21. The van der Waals surface area contributed by atoms with Crippen LogP contribution in [0, 0.1) is 0 Å². The summed E-state index contributed by atoms with van der Waals surface area (Å²) < 4.78 is 0. The maximum Gasteiger partial charge on any atom is 0.150 e. The number of hydrogen-bond donors (Lipinski definition) is 3. The van der Waals surface area contributed by atoms with Gasteiger partial charge in [0.15, 0.2) is 5.82 Å². The number of nitrogens with one attached hydrogen (secondary N) is 1. The van der Waals surface area contributed by atoms with Crippen molar-refractivity contribution >= 4 is 5.82 Å². The molecule has 15 heavy (non-hydrogen) atoms. The Kier molecular flexibility index (Phi) is 2.24. The average Bonchev–Trinajstić information content (AvgIpc) is 2.48. The van der Waals surface area contributed by atoms with Crippen LogP contribution in [0.1, 0.15) is 20.3 Å². The zero-order valence-electron chi connectivity index (χ0n) is 9.06. The van der Waals surface area contributed by atoms with Crippen LogP contribution in [0.25, 0.3) is 0 Å². The number of aliphatic hydroxyl groups is 2. The highest BCUT2D eigenvalue weighted by Gasteiger charge is 2.41. The van der Waals surface area contributed by atoms with E-state index in [9.17, 15) is 10.2 Å². The van der Waals surface area contributed by atoms with Gasteiger partial charge in [0, 0.05) is 31.8 Å². The Morgan fingerprint density at radius 3 is 2.40 bits per heavy atom. The summed E-state index contributed by atoms with van der Waals surface area (Å²) in [6.07, 6.45) is 2.12. The minimum Gasteiger partial charge on any atom is -0.388 e. The lowest BCUT2D eigenvalue weighted by atomic mass is 9.84. The third kappa shape index (κ3) is 2.30. The van der Waals surface area contributed by atoms with Crippen molar-refractivity contribution in [2.75, 3.05) is 18.0 Å². The number of aromatic nitrogens is 2. The first kappa shape index (κ1) is 10.4. The van der Waals surface area contributed by atoms with Crippen LogP contribution in [0.5, 0.6) is 0 Å². The molecule has 2 atom stereocenters. The summed E-state index contributed by atoms with van der Waals surface area (Å²) in [6.45, 7) is 4.46. The van der Waals surface area contributed by atoms with Crippen LogP contribution in [0.2, 0.25) is 0 Å². The molecule has 0 spiro atoms. The summed E-state index contributed by atoms with van der Waals surface area (Å²) in [4.78, 5) is 1.89. The summed E-state index contributed by atoms with van der Waals surface area (Å²) in [5.41, 5.74) is -1.75. The van der Waals surface area contributed by atoms with Crippen LogP contribution in [0.3, 0.4) is 0 Å². The molecule has 5 nitrogen and oxygen atoms in total. The van der Waals surface area contributed by atoms with Crippen LogP contribution < -0.4 is 4.90 Å². The van der Waals surface area contributed by atoms with Crippen molar-refractivity contribution in [2.45, 2.75) is 31.5 Å². The molecular weight excluding hydrogens is 194 g/mol. The van der Waals surface area contributed by atoms with Crippen LogP contribution in [-0.2, 0) is 0 Å². The van der Waals surface area contributed by atoms with Crippen LogP contribution in [0.4, 0.5) is 5.82 Å². The number of aromatic amines is 1. The summed E-state index contributed by atoms with van der Waals surface area (Å²) >= 11 is 0. The summed E-state index contributed by atoms with van der Waals surface area (Å²) in [6, 6.07) is 1.83. The Morgan fingerprint density at radius 2 is 1.93 bits per heavy atom. The van der Waals surface area contributed by atoms with E-state index in [1.54, 1.807) is 20.0 Å². The van der Waals surface area contributed by atoms with Gasteiger partial charge in [0.25, 0.3) is 0 Å². The first-order valence-electron chi connectivity index (χ1n) is 5.08. The first-order valence-corrected chi connectivity index (χ1v) is 5.08. The van der Waals surface area contributed by atoms with Crippen molar-refractivity contribution in [2.24, 2.45) is 0 Å². The first-order chi connectivity index (χ1) is 6.88. The van der Waals surface area contributed by atoms with E-state index >= 15 is 0 Å². The van der Waals surface area contributed by atoms with Gasteiger partial charge in [-0.05, 0) is 13.8 Å². The van der Waals surface area contributed by atoms with Crippen molar-refractivity contribution in [3.8, 4) is 0 Å². The van der Waals surface area contributed by atoms with E-state index in [0.717, 1.165) is 5.82 Å². The predicted molar refractivity (Wildman–Crippen MR) is 56.7 cm³/mol. The molecular formula is C10H17N3O2. The summed E-state index contributed by atoms with van der Waals surface area (Å²) in [7, 11) is 0. The van der Waals surface area contributed by atoms with Gasteiger partial charge in [-0.15, -0.1) is 0 Å². The Hall–Kier alpha value is -1.07. The minimum atomic E-state index is -0.874. The van der Waals surface area contributed by atoms with Gasteiger partial charge in [-0.2, -0.15) is 5.10 Å². The molecule has 0 radical (unpaired) electrons. The smallest absolute Gasteiger partial charge is 0.150 e. The van der Waals surface area contributed by atoms with Gasteiger partial charge in [-0.25, -0.2) is 0 Å².